The molecule has 1 amide bonds. The zero-order chi connectivity index (χ0) is 10.8. The van der Waals surface area contributed by atoms with Gasteiger partial charge >= 0.3 is 6.18 Å². The fourth-order valence-corrected chi connectivity index (χ4v) is 1.08. The lowest BCUT2D eigenvalue weighted by atomic mass is 9.93. The summed E-state index contributed by atoms with van der Waals surface area (Å²) in [6.45, 7) is 0. The van der Waals surface area contributed by atoms with Gasteiger partial charge in [-0.2, -0.15) is 13.2 Å². The van der Waals surface area contributed by atoms with Gasteiger partial charge in [0, 0.05) is 0 Å². The SMILES string of the molecule is Bc1ccc(NC=O)c(C(F)(F)F)c1. The average Bonchev–Trinajstić information content (AvgIpc) is 2.07. The van der Waals surface area contributed by atoms with Gasteiger partial charge in [0.2, 0.25) is 6.41 Å². The number of anilines is 1. The lowest BCUT2D eigenvalue weighted by molar-refractivity contribution is -0.136. The van der Waals surface area contributed by atoms with E-state index in [-0.39, 0.29) is 12.1 Å². The molecule has 0 fully saturated rings. The molecule has 1 aromatic rings. The average molecular weight is 201 g/mol. The number of carbonyl (C=O) groups excluding carboxylic acids is 1. The molecule has 0 saturated carbocycles. The van der Waals surface area contributed by atoms with Crippen molar-refractivity contribution in [3.63, 3.8) is 0 Å². The zero-order valence-electron chi connectivity index (χ0n) is 7.35. The minimum atomic E-state index is -4.45. The van der Waals surface area contributed by atoms with E-state index in [0.717, 1.165) is 6.07 Å². The van der Waals surface area contributed by atoms with Crippen LogP contribution in [0, 0.1) is 0 Å². The van der Waals surface area contributed by atoms with Gasteiger partial charge in [0.1, 0.15) is 7.85 Å². The maximum absolute atomic E-state index is 12.4. The molecular weight excluding hydrogens is 194 g/mol. The Balaban J connectivity index is 3.22. The van der Waals surface area contributed by atoms with Gasteiger partial charge in [-0.1, -0.05) is 17.6 Å². The minimum absolute atomic E-state index is 0.222. The first-order chi connectivity index (χ1) is 6.45. The van der Waals surface area contributed by atoms with Crippen molar-refractivity contribution in [3.8, 4) is 0 Å². The largest absolute Gasteiger partial charge is 0.418 e. The van der Waals surface area contributed by atoms with Crippen LogP contribution in [0.4, 0.5) is 18.9 Å². The Labute approximate surface area is 79.5 Å². The normalized spacial score (nSPS) is 11.1. The lowest BCUT2D eigenvalue weighted by Gasteiger charge is -2.12. The van der Waals surface area contributed by atoms with E-state index in [2.05, 4.69) is 0 Å². The highest BCUT2D eigenvalue weighted by Gasteiger charge is 2.33. The van der Waals surface area contributed by atoms with Gasteiger partial charge in [-0.25, -0.2) is 0 Å². The van der Waals surface area contributed by atoms with Crippen LogP contribution in [0.3, 0.4) is 0 Å². The first kappa shape index (κ1) is 10.6. The number of halogens is 3. The Kier molecular flexibility index (Phi) is 2.83. The number of hydrogen-bond acceptors (Lipinski definition) is 1. The molecule has 0 aliphatic rings. The summed E-state index contributed by atoms with van der Waals surface area (Å²) in [5.74, 6) is 0. The molecule has 6 heteroatoms. The van der Waals surface area contributed by atoms with E-state index in [1.165, 1.54) is 12.1 Å². The predicted octanol–water partition coefficient (Wildman–Crippen LogP) is 0.532. The van der Waals surface area contributed by atoms with E-state index in [0.29, 0.717) is 5.46 Å². The van der Waals surface area contributed by atoms with Gasteiger partial charge in [-0.3, -0.25) is 4.79 Å². The Morgan fingerprint density at radius 1 is 1.36 bits per heavy atom. The van der Waals surface area contributed by atoms with Crippen LogP contribution in [-0.2, 0) is 11.0 Å². The van der Waals surface area contributed by atoms with Crippen molar-refractivity contribution in [1.82, 2.24) is 0 Å². The number of benzene rings is 1. The van der Waals surface area contributed by atoms with Crippen LogP contribution in [0.25, 0.3) is 0 Å². The summed E-state index contributed by atoms with van der Waals surface area (Å²) >= 11 is 0. The van der Waals surface area contributed by atoms with Gasteiger partial charge in [0.25, 0.3) is 0 Å². The number of alkyl halides is 3. The number of amides is 1. The summed E-state index contributed by atoms with van der Waals surface area (Å²) in [4.78, 5) is 10.1. The number of rotatable bonds is 2. The van der Waals surface area contributed by atoms with Gasteiger partial charge < -0.3 is 5.32 Å². The third-order valence-corrected chi connectivity index (χ3v) is 1.69. The molecule has 74 valence electrons. The molecule has 0 heterocycles. The second kappa shape index (κ2) is 3.73. The molecule has 0 saturated heterocycles. The van der Waals surface area contributed by atoms with Gasteiger partial charge in [-0.15, -0.1) is 0 Å². The molecule has 0 aliphatic carbocycles. The molecule has 0 unspecified atom stereocenters. The highest BCUT2D eigenvalue weighted by molar-refractivity contribution is 6.32. The molecule has 1 rings (SSSR count). The number of nitrogens with one attached hydrogen (secondary N) is 1. The van der Waals surface area contributed by atoms with Crippen molar-refractivity contribution in [2.24, 2.45) is 0 Å². The van der Waals surface area contributed by atoms with Crippen LogP contribution in [0.2, 0.25) is 0 Å². The van der Waals surface area contributed by atoms with E-state index in [1.54, 1.807) is 7.85 Å². The van der Waals surface area contributed by atoms with Crippen LogP contribution >= 0.6 is 0 Å². The van der Waals surface area contributed by atoms with Crippen molar-refractivity contribution in [3.05, 3.63) is 23.8 Å². The minimum Gasteiger partial charge on any atom is -0.328 e. The zero-order valence-corrected chi connectivity index (χ0v) is 7.35. The van der Waals surface area contributed by atoms with Crippen LogP contribution in [0.5, 0.6) is 0 Å². The van der Waals surface area contributed by atoms with E-state index >= 15 is 0 Å². The quantitative estimate of drug-likeness (QED) is 0.548. The molecule has 0 spiro atoms. The Bertz CT molecular complexity index is 351. The summed E-state index contributed by atoms with van der Waals surface area (Å²) in [5, 5.41) is 2.01. The maximum atomic E-state index is 12.4. The van der Waals surface area contributed by atoms with Crippen LogP contribution in [-0.4, -0.2) is 14.3 Å². The Hall–Kier alpha value is -1.46. The smallest absolute Gasteiger partial charge is 0.328 e. The summed E-state index contributed by atoms with van der Waals surface area (Å²) < 4.78 is 37.2. The molecule has 0 atom stereocenters. The maximum Gasteiger partial charge on any atom is 0.418 e. The molecule has 0 aromatic heterocycles. The second-order valence-electron chi connectivity index (χ2n) is 2.81. The molecule has 0 aliphatic heterocycles. The van der Waals surface area contributed by atoms with Gasteiger partial charge in [0.05, 0.1) is 11.3 Å². The van der Waals surface area contributed by atoms with Crippen molar-refractivity contribution in [1.29, 1.82) is 0 Å². The topological polar surface area (TPSA) is 29.1 Å². The summed E-state index contributed by atoms with van der Waals surface area (Å²) in [7, 11) is 1.56. The van der Waals surface area contributed by atoms with Crippen molar-refractivity contribution >= 4 is 25.4 Å². The first-order valence-electron chi connectivity index (χ1n) is 3.83. The summed E-state index contributed by atoms with van der Waals surface area (Å²) in [6, 6.07) is 3.72. The molecule has 0 bridgehead atoms. The summed E-state index contributed by atoms with van der Waals surface area (Å²) in [6.07, 6.45) is -4.22. The van der Waals surface area contributed by atoms with Crippen molar-refractivity contribution in [2.45, 2.75) is 6.18 Å². The third-order valence-electron chi connectivity index (χ3n) is 1.69. The predicted molar refractivity (Wildman–Crippen MR) is 49.3 cm³/mol. The highest BCUT2D eigenvalue weighted by atomic mass is 19.4. The highest BCUT2D eigenvalue weighted by Crippen LogP contribution is 2.33. The van der Waals surface area contributed by atoms with Crippen LogP contribution < -0.4 is 10.8 Å². The van der Waals surface area contributed by atoms with Gasteiger partial charge in [0.15, 0.2) is 0 Å². The number of carbonyl (C=O) groups is 1. The van der Waals surface area contributed by atoms with Crippen LogP contribution in [0.1, 0.15) is 5.56 Å². The van der Waals surface area contributed by atoms with E-state index in [1.807, 2.05) is 5.32 Å². The summed E-state index contributed by atoms with van der Waals surface area (Å²) in [5.41, 5.74) is -0.559. The lowest BCUT2D eigenvalue weighted by Crippen LogP contribution is -2.14. The molecule has 2 nitrogen and oxygen atoms in total. The number of hydrogen-bond donors (Lipinski definition) is 1. The van der Waals surface area contributed by atoms with E-state index in [4.69, 9.17) is 0 Å². The standard InChI is InChI=1S/C8H7BF3NO/c9-5-1-2-7(13-4-14)6(3-5)8(10,11)12/h1-4H,9H2,(H,13,14). The monoisotopic (exact) mass is 201 g/mol. The Morgan fingerprint density at radius 2 is 2.00 bits per heavy atom. The fraction of sp³-hybridized carbons (Fsp3) is 0.125. The molecule has 1 aromatic carbocycles. The fourth-order valence-electron chi connectivity index (χ4n) is 1.08. The van der Waals surface area contributed by atoms with E-state index in [9.17, 15) is 18.0 Å². The first-order valence-corrected chi connectivity index (χ1v) is 3.83. The molecule has 1 N–H and O–H groups in total. The van der Waals surface area contributed by atoms with Crippen molar-refractivity contribution in [2.75, 3.05) is 5.32 Å². The van der Waals surface area contributed by atoms with Crippen LogP contribution in [0.15, 0.2) is 18.2 Å². The molecule has 0 radical (unpaired) electrons. The van der Waals surface area contributed by atoms with Gasteiger partial charge in [-0.05, 0) is 6.07 Å². The van der Waals surface area contributed by atoms with E-state index < -0.39 is 11.7 Å². The third kappa shape index (κ3) is 2.28. The molecular formula is C8H7BF3NO. The second-order valence-corrected chi connectivity index (χ2v) is 2.81. The Morgan fingerprint density at radius 3 is 2.50 bits per heavy atom. The van der Waals surface area contributed by atoms with Crippen molar-refractivity contribution < 1.29 is 18.0 Å². The molecule has 14 heavy (non-hydrogen) atoms.